The van der Waals surface area contributed by atoms with Gasteiger partial charge < -0.3 is 9.84 Å². The van der Waals surface area contributed by atoms with Gasteiger partial charge in [0.1, 0.15) is 0 Å². The summed E-state index contributed by atoms with van der Waals surface area (Å²) in [5.74, 6) is 0.849. The van der Waals surface area contributed by atoms with Crippen LogP contribution in [0.15, 0.2) is 0 Å². The standard InChI is InChI=1S/C24H44O4S/c1-2-19-29-20-22(24(26)27)28-23(25)18-14-9-7-5-3-4-6-8-11-15-21-16-12-10-13-17-21/h21-22H,2-20H2,1H3,(H,26,27). The third-order valence-corrected chi connectivity index (χ3v) is 7.12. The monoisotopic (exact) mass is 428 g/mol. The highest BCUT2D eigenvalue weighted by molar-refractivity contribution is 7.99. The molecule has 170 valence electrons. The number of unbranched alkanes of at least 4 members (excludes halogenated alkanes) is 8. The van der Waals surface area contributed by atoms with Gasteiger partial charge in [-0.2, -0.15) is 11.8 Å². The lowest BCUT2D eigenvalue weighted by molar-refractivity contribution is -0.162. The number of aliphatic carboxylic acids is 1. The predicted molar refractivity (Wildman–Crippen MR) is 122 cm³/mol. The van der Waals surface area contributed by atoms with E-state index in [1.165, 1.54) is 88.8 Å². The first kappa shape index (κ1) is 26.3. The summed E-state index contributed by atoms with van der Waals surface area (Å²) in [6.45, 7) is 2.05. The number of carboxylic acids is 1. The van der Waals surface area contributed by atoms with Crippen molar-refractivity contribution in [1.29, 1.82) is 0 Å². The van der Waals surface area contributed by atoms with E-state index >= 15 is 0 Å². The Labute approximate surface area is 182 Å². The van der Waals surface area contributed by atoms with Gasteiger partial charge in [0.2, 0.25) is 6.10 Å². The normalized spacial score (nSPS) is 15.9. The van der Waals surface area contributed by atoms with Crippen LogP contribution in [-0.2, 0) is 14.3 Å². The van der Waals surface area contributed by atoms with Crippen LogP contribution >= 0.6 is 11.8 Å². The van der Waals surface area contributed by atoms with E-state index in [1.807, 2.05) is 6.92 Å². The first-order valence-corrected chi connectivity index (χ1v) is 13.3. The zero-order valence-corrected chi connectivity index (χ0v) is 19.5. The number of ether oxygens (including phenoxy) is 1. The first-order valence-electron chi connectivity index (χ1n) is 12.1. The molecule has 0 aromatic heterocycles. The Morgan fingerprint density at radius 3 is 2.10 bits per heavy atom. The lowest BCUT2D eigenvalue weighted by atomic mass is 9.85. The summed E-state index contributed by atoms with van der Waals surface area (Å²) in [5, 5.41) is 9.14. The minimum Gasteiger partial charge on any atom is -0.478 e. The second-order valence-corrected chi connectivity index (χ2v) is 9.77. The van der Waals surface area contributed by atoms with Gasteiger partial charge in [-0.25, -0.2) is 4.79 Å². The summed E-state index contributed by atoms with van der Waals surface area (Å²) in [6.07, 6.45) is 20.1. The Balaban J connectivity index is 1.88. The van der Waals surface area contributed by atoms with Gasteiger partial charge in [0.25, 0.3) is 0 Å². The summed E-state index contributed by atoms with van der Waals surface area (Å²) >= 11 is 1.52. The van der Waals surface area contributed by atoms with Crippen molar-refractivity contribution >= 4 is 23.7 Å². The number of hydrogen-bond donors (Lipinski definition) is 1. The molecule has 4 nitrogen and oxygen atoms in total. The van der Waals surface area contributed by atoms with Gasteiger partial charge in [-0.3, -0.25) is 4.79 Å². The van der Waals surface area contributed by atoms with Gasteiger partial charge in [0.05, 0.1) is 0 Å². The van der Waals surface area contributed by atoms with Crippen molar-refractivity contribution in [3.8, 4) is 0 Å². The van der Waals surface area contributed by atoms with E-state index in [0.29, 0.717) is 12.2 Å². The second kappa shape index (κ2) is 18.1. The van der Waals surface area contributed by atoms with Crippen molar-refractivity contribution in [3.05, 3.63) is 0 Å². The Kier molecular flexibility index (Phi) is 16.4. The maximum Gasteiger partial charge on any atom is 0.345 e. The average molecular weight is 429 g/mol. The van der Waals surface area contributed by atoms with Crippen molar-refractivity contribution in [2.75, 3.05) is 11.5 Å². The number of thioether (sulfide) groups is 1. The van der Waals surface area contributed by atoms with Crippen LogP contribution in [0.5, 0.6) is 0 Å². The molecule has 0 spiro atoms. The number of carbonyl (C=O) groups is 2. The molecule has 1 aliphatic carbocycles. The molecule has 29 heavy (non-hydrogen) atoms. The molecule has 1 atom stereocenters. The summed E-state index contributed by atoms with van der Waals surface area (Å²) < 4.78 is 5.13. The van der Waals surface area contributed by atoms with E-state index in [9.17, 15) is 9.59 Å². The third kappa shape index (κ3) is 14.8. The SMILES string of the molecule is CCCSCC(OC(=O)CCCCCCCCCCCC1CCCCC1)C(=O)O. The highest BCUT2D eigenvalue weighted by atomic mass is 32.2. The lowest BCUT2D eigenvalue weighted by Crippen LogP contribution is -2.29. The topological polar surface area (TPSA) is 63.6 Å². The maximum absolute atomic E-state index is 11.8. The average Bonchev–Trinajstić information content (AvgIpc) is 2.72. The molecule has 0 radical (unpaired) electrons. The fraction of sp³-hybridized carbons (Fsp3) is 0.917. The van der Waals surface area contributed by atoms with Crippen molar-refractivity contribution in [2.24, 2.45) is 5.92 Å². The zero-order valence-electron chi connectivity index (χ0n) is 18.7. The summed E-state index contributed by atoms with van der Waals surface area (Å²) in [6, 6.07) is 0. The molecule has 0 amide bonds. The summed E-state index contributed by atoms with van der Waals surface area (Å²) in [7, 11) is 0. The minimum atomic E-state index is -1.04. The number of carboxylic acid groups (broad SMARTS) is 1. The van der Waals surface area contributed by atoms with Crippen LogP contribution in [0.2, 0.25) is 0 Å². The molecule has 1 unspecified atom stereocenters. The Morgan fingerprint density at radius 2 is 1.52 bits per heavy atom. The highest BCUT2D eigenvalue weighted by Crippen LogP contribution is 2.28. The third-order valence-electron chi connectivity index (χ3n) is 5.88. The Hall–Kier alpha value is -0.710. The smallest absolute Gasteiger partial charge is 0.345 e. The van der Waals surface area contributed by atoms with Crippen LogP contribution in [0.4, 0.5) is 0 Å². The van der Waals surface area contributed by atoms with Crippen LogP contribution in [0, 0.1) is 5.92 Å². The van der Waals surface area contributed by atoms with E-state index in [4.69, 9.17) is 9.84 Å². The molecular weight excluding hydrogens is 384 g/mol. The largest absolute Gasteiger partial charge is 0.478 e. The minimum absolute atomic E-state index is 0.337. The van der Waals surface area contributed by atoms with Gasteiger partial charge in [-0.1, -0.05) is 96.8 Å². The van der Waals surface area contributed by atoms with E-state index in [0.717, 1.165) is 37.4 Å². The fourth-order valence-electron chi connectivity index (χ4n) is 4.12. The number of rotatable bonds is 18. The van der Waals surface area contributed by atoms with Crippen molar-refractivity contribution in [2.45, 2.75) is 122 Å². The second-order valence-electron chi connectivity index (χ2n) is 8.62. The predicted octanol–water partition coefficient (Wildman–Crippen LogP) is 7.00. The van der Waals surface area contributed by atoms with Crippen molar-refractivity contribution in [1.82, 2.24) is 0 Å². The van der Waals surface area contributed by atoms with E-state index < -0.39 is 12.1 Å². The number of hydrogen-bond acceptors (Lipinski definition) is 4. The van der Waals surface area contributed by atoms with Crippen molar-refractivity contribution < 1.29 is 19.4 Å². The van der Waals surface area contributed by atoms with Crippen LogP contribution < -0.4 is 0 Å². The zero-order chi connectivity index (χ0) is 21.2. The van der Waals surface area contributed by atoms with Crippen molar-refractivity contribution in [3.63, 3.8) is 0 Å². The summed E-state index contributed by atoms with van der Waals surface area (Å²) in [4.78, 5) is 23.0. The van der Waals surface area contributed by atoms with Crippen LogP contribution in [0.1, 0.15) is 116 Å². The fourth-order valence-corrected chi connectivity index (χ4v) is 5.00. The molecule has 0 aromatic carbocycles. The van der Waals surface area contributed by atoms with Crippen LogP contribution in [0.3, 0.4) is 0 Å². The van der Waals surface area contributed by atoms with Gasteiger partial charge in [-0.15, -0.1) is 0 Å². The van der Waals surface area contributed by atoms with Gasteiger partial charge in [0.15, 0.2) is 0 Å². The van der Waals surface area contributed by atoms with Crippen LogP contribution in [0.25, 0.3) is 0 Å². The molecule has 1 N–H and O–H groups in total. The van der Waals surface area contributed by atoms with E-state index in [1.54, 1.807) is 0 Å². The molecule has 0 bridgehead atoms. The lowest BCUT2D eigenvalue weighted by Gasteiger charge is -2.21. The van der Waals surface area contributed by atoms with E-state index in [2.05, 4.69) is 0 Å². The molecule has 1 saturated carbocycles. The quantitative estimate of drug-likeness (QED) is 0.188. The highest BCUT2D eigenvalue weighted by Gasteiger charge is 2.21. The molecule has 1 aliphatic rings. The van der Waals surface area contributed by atoms with Crippen LogP contribution in [-0.4, -0.2) is 34.7 Å². The Morgan fingerprint density at radius 1 is 0.931 bits per heavy atom. The van der Waals surface area contributed by atoms with Gasteiger partial charge in [0, 0.05) is 12.2 Å². The van der Waals surface area contributed by atoms with E-state index in [-0.39, 0.29) is 5.97 Å². The molecule has 0 heterocycles. The molecular formula is C24H44O4S. The molecule has 0 aliphatic heterocycles. The number of carbonyl (C=O) groups excluding carboxylic acids is 1. The van der Waals surface area contributed by atoms with Gasteiger partial charge >= 0.3 is 11.9 Å². The molecule has 1 fully saturated rings. The summed E-state index contributed by atoms with van der Waals surface area (Å²) in [5.41, 5.74) is 0. The molecule has 1 rings (SSSR count). The Bertz CT molecular complexity index is 421. The molecule has 0 aromatic rings. The first-order chi connectivity index (χ1) is 14.1. The van der Waals surface area contributed by atoms with Gasteiger partial charge in [-0.05, 0) is 24.5 Å². The maximum atomic E-state index is 11.8. The molecule has 0 saturated heterocycles. The molecule has 5 heteroatoms. The number of esters is 1.